The third-order valence-corrected chi connectivity index (χ3v) is 3.71. The van der Waals surface area contributed by atoms with E-state index in [2.05, 4.69) is 37.9 Å². The lowest BCUT2D eigenvalue weighted by atomic mass is 9.98. The zero-order chi connectivity index (χ0) is 11.4. The normalized spacial score (nSPS) is 18.6. The first-order valence-electron chi connectivity index (χ1n) is 5.73. The van der Waals surface area contributed by atoms with Gasteiger partial charge in [0, 0.05) is 28.6 Å². The molecule has 0 radical (unpaired) electrons. The van der Waals surface area contributed by atoms with E-state index in [1.807, 2.05) is 12.4 Å². The van der Waals surface area contributed by atoms with Gasteiger partial charge in [-0.2, -0.15) is 0 Å². The van der Waals surface area contributed by atoms with Crippen molar-refractivity contribution in [3.8, 4) is 0 Å². The fourth-order valence-electron chi connectivity index (χ4n) is 2.28. The molecule has 3 N–H and O–H groups in total. The minimum absolute atomic E-state index is 0.322. The van der Waals surface area contributed by atoms with Crippen LogP contribution in [0.1, 0.15) is 25.7 Å². The Labute approximate surface area is 110 Å². The van der Waals surface area contributed by atoms with Crippen molar-refractivity contribution >= 4 is 28.5 Å². The molecule has 16 heavy (non-hydrogen) atoms. The molecule has 4 nitrogen and oxygen atoms in total. The van der Waals surface area contributed by atoms with Gasteiger partial charge < -0.3 is 11.1 Å². The van der Waals surface area contributed by atoms with Gasteiger partial charge in [-0.15, -0.1) is 0 Å². The second-order valence-corrected chi connectivity index (χ2v) is 5.50. The summed E-state index contributed by atoms with van der Waals surface area (Å²) >= 11 is 2.20. The van der Waals surface area contributed by atoms with Gasteiger partial charge in [-0.05, 0) is 41.4 Å². The highest BCUT2D eigenvalue weighted by atomic mass is 127. The Kier molecular flexibility index (Phi) is 4.34. The minimum atomic E-state index is 0.322. The Morgan fingerprint density at radius 3 is 2.56 bits per heavy atom. The Hall–Kier alpha value is -0.430. The highest BCUT2D eigenvalue weighted by Gasteiger charge is 2.24. The van der Waals surface area contributed by atoms with Crippen LogP contribution in [0.15, 0.2) is 12.4 Å². The summed E-state index contributed by atoms with van der Waals surface area (Å²) in [7, 11) is 0. The SMILES string of the molecule is NCC(Nc1ncc(I)cn1)C1CCCC1. The van der Waals surface area contributed by atoms with Gasteiger partial charge >= 0.3 is 0 Å². The quantitative estimate of drug-likeness (QED) is 0.828. The van der Waals surface area contributed by atoms with Crippen LogP contribution in [0.5, 0.6) is 0 Å². The number of hydrogen-bond acceptors (Lipinski definition) is 4. The average molecular weight is 332 g/mol. The van der Waals surface area contributed by atoms with Crippen LogP contribution < -0.4 is 11.1 Å². The summed E-state index contributed by atoms with van der Waals surface area (Å²) in [6.45, 7) is 0.653. The summed E-state index contributed by atoms with van der Waals surface area (Å²) in [6.07, 6.45) is 8.85. The summed E-state index contributed by atoms with van der Waals surface area (Å²) in [5.74, 6) is 1.38. The number of aromatic nitrogens is 2. The molecule has 0 spiro atoms. The Balaban J connectivity index is 1.97. The van der Waals surface area contributed by atoms with Crippen LogP contribution in [-0.2, 0) is 0 Å². The first kappa shape index (κ1) is 12.0. The number of halogens is 1. The van der Waals surface area contributed by atoms with Crippen LogP contribution in [-0.4, -0.2) is 22.6 Å². The van der Waals surface area contributed by atoms with Gasteiger partial charge in [-0.3, -0.25) is 0 Å². The molecule has 0 aliphatic heterocycles. The number of nitrogens with one attached hydrogen (secondary N) is 1. The van der Waals surface area contributed by atoms with E-state index in [4.69, 9.17) is 5.73 Å². The molecule has 2 rings (SSSR count). The van der Waals surface area contributed by atoms with Gasteiger partial charge in [0.15, 0.2) is 0 Å². The maximum absolute atomic E-state index is 5.81. The third-order valence-electron chi connectivity index (χ3n) is 3.16. The van der Waals surface area contributed by atoms with Crippen molar-refractivity contribution in [3.63, 3.8) is 0 Å². The molecule has 0 saturated heterocycles. The third kappa shape index (κ3) is 3.04. The molecule has 1 unspecified atom stereocenters. The smallest absolute Gasteiger partial charge is 0.222 e. The second kappa shape index (κ2) is 5.77. The molecule has 0 amide bonds. The van der Waals surface area contributed by atoms with Gasteiger partial charge in [-0.25, -0.2) is 9.97 Å². The largest absolute Gasteiger partial charge is 0.350 e. The highest BCUT2D eigenvalue weighted by Crippen LogP contribution is 2.28. The first-order valence-corrected chi connectivity index (χ1v) is 6.81. The van der Waals surface area contributed by atoms with E-state index in [1.54, 1.807) is 0 Å². The van der Waals surface area contributed by atoms with Gasteiger partial charge in [0.25, 0.3) is 0 Å². The Morgan fingerprint density at radius 1 is 1.38 bits per heavy atom. The lowest BCUT2D eigenvalue weighted by Crippen LogP contribution is -2.35. The molecular weight excluding hydrogens is 315 g/mol. The van der Waals surface area contributed by atoms with Crippen molar-refractivity contribution in [2.75, 3.05) is 11.9 Å². The van der Waals surface area contributed by atoms with Crippen molar-refractivity contribution in [1.82, 2.24) is 9.97 Å². The summed E-state index contributed by atoms with van der Waals surface area (Å²) in [6, 6.07) is 0.322. The van der Waals surface area contributed by atoms with Crippen LogP contribution in [0.25, 0.3) is 0 Å². The molecule has 0 aromatic carbocycles. The van der Waals surface area contributed by atoms with Crippen molar-refractivity contribution in [1.29, 1.82) is 0 Å². The van der Waals surface area contributed by atoms with Gasteiger partial charge in [0.05, 0.1) is 0 Å². The van der Waals surface area contributed by atoms with E-state index in [0.29, 0.717) is 24.5 Å². The van der Waals surface area contributed by atoms with Gasteiger partial charge in [0.2, 0.25) is 5.95 Å². The highest BCUT2D eigenvalue weighted by molar-refractivity contribution is 14.1. The zero-order valence-corrected chi connectivity index (χ0v) is 11.4. The molecule has 1 aliphatic carbocycles. The van der Waals surface area contributed by atoms with Crippen molar-refractivity contribution in [2.24, 2.45) is 11.7 Å². The summed E-state index contributed by atoms with van der Waals surface area (Å²) in [5.41, 5.74) is 5.81. The maximum Gasteiger partial charge on any atom is 0.222 e. The lowest BCUT2D eigenvalue weighted by Gasteiger charge is -2.22. The van der Waals surface area contributed by atoms with Crippen molar-refractivity contribution in [3.05, 3.63) is 16.0 Å². The molecule has 1 saturated carbocycles. The number of nitrogens with two attached hydrogens (primary N) is 1. The number of hydrogen-bond donors (Lipinski definition) is 2. The van der Waals surface area contributed by atoms with E-state index in [9.17, 15) is 0 Å². The summed E-state index contributed by atoms with van der Waals surface area (Å²) in [5, 5.41) is 3.35. The molecule has 1 fully saturated rings. The van der Waals surface area contributed by atoms with E-state index in [-0.39, 0.29) is 0 Å². The van der Waals surface area contributed by atoms with Crippen LogP contribution in [0.2, 0.25) is 0 Å². The predicted octanol–water partition coefficient (Wildman–Crippen LogP) is 2.01. The molecule has 88 valence electrons. The molecular formula is C11H17IN4. The predicted molar refractivity (Wildman–Crippen MR) is 73.2 cm³/mol. The second-order valence-electron chi connectivity index (χ2n) is 4.26. The van der Waals surface area contributed by atoms with E-state index < -0.39 is 0 Å². The Morgan fingerprint density at radius 2 is 2.00 bits per heavy atom. The van der Waals surface area contributed by atoms with Crippen LogP contribution in [0.3, 0.4) is 0 Å². The minimum Gasteiger partial charge on any atom is -0.350 e. The van der Waals surface area contributed by atoms with Gasteiger partial charge in [-0.1, -0.05) is 12.8 Å². The molecule has 5 heteroatoms. The number of anilines is 1. The average Bonchev–Trinajstić information content (AvgIpc) is 2.82. The van der Waals surface area contributed by atoms with Crippen molar-refractivity contribution < 1.29 is 0 Å². The summed E-state index contributed by atoms with van der Waals surface area (Å²) < 4.78 is 1.05. The van der Waals surface area contributed by atoms with Gasteiger partial charge in [0.1, 0.15) is 0 Å². The molecule has 1 heterocycles. The van der Waals surface area contributed by atoms with Crippen LogP contribution in [0.4, 0.5) is 5.95 Å². The molecule has 1 aromatic rings. The van der Waals surface area contributed by atoms with Crippen LogP contribution >= 0.6 is 22.6 Å². The monoisotopic (exact) mass is 332 g/mol. The topological polar surface area (TPSA) is 63.8 Å². The maximum atomic E-state index is 5.81. The number of nitrogens with zero attached hydrogens (tertiary/aromatic N) is 2. The first-order chi connectivity index (χ1) is 7.79. The number of rotatable bonds is 4. The lowest BCUT2D eigenvalue weighted by molar-refractivity contribution is 0.460. The standard InChI is InChI=1S/C11H17IN4/c12-9-6-14-11(15-7-9)16-10(5-13)8-3-1-2-4-8/h6-8,10H,1-5,13H2,(H,14,15,16). The van der Waals surface area contributed by atoms with E-state index in [0.717, 1.165) is 3.57 Å². The Bertz CT molecular complexity index is 321. The van der Waals surface area contributed by atoms with Crippen LogP contribution in [0, 0.1) is 9.49 Å². The molecule has 1 aromatic heterocycles. The van der Waals surface area contributed by atoms with Crippen molar-refractivity contribution in [2.45, 2.75) is 31.7 Å². The fourth-order valence-corrected chi connectivity index (χ4v) is 2.56. The van der Waals surface area contributed by atoms with E-state index >= 15 is 0 Å². The van der Waals surface area contributed by atoms with E-state index in [1.165, 1.54) is 25.7 Å². The molecule has 1 atom stereocenters. The molecule has 0 bridgehead atoms. The fraction of sp³-hybridized carbons (Fsp3) is 0.636. The summed E-state index contributed by atoms with van der Waals surface area (Å²) in [4.78, 5) is 8.50. The molecule has 1 aliphatic rings. The zero-order valence-electron chi connectivity index (χ0n) is 9.19.